The van der Waals surface area contributed by atoms with Crippen LogP contribution in [0.1, 0.15) is 22.2 Å². The second-order valence-corrected chi connectivity index (χ2v) is 4.20. The minimum absolute atomic E-state index is 0.0313. The van der Waals surface area contributed by atoms with Crippen molar-refractivity contribution in [3.05, 3.63) is 58.0 Å². The van der Waals surface area contributed by atoms with Gasteiger partial charge in [-0.25, -0.2) is 5.10 Å². The lowest BCUT2D eigenvalue weighted by molar-refractivity contribution is 0.0910. The van der Waals surface area contributed by atoms with Gasteiger partial charge in [0.1, 0.15) is 5.69 Å². The number of nitrogen functional groups attached to an aromatic ring is 1. The Bertz CT molecular complexity index is 631. The molecule has 1 atom stereocenters. The van der Waals surface area contributed by atoms with Crippen molar-refractivity contribution in [1.29, 1.82) is 0 Å². The maximum atomic E-state index is 11.7. The van der Waals surface area contributed by atoms with Gasteiger partial charge in [-0.3, -0.25) is 9.59 Å². The van der Waals surface area contributed by atoms with Crippen LogP contribution in [-0.2, 0) is 0 Å². The molecule has 0 bridgehead atoms. The molecule has 0 saturated carbocycles. The van der Waals surface area contributed by atoms with E-state index in [0.29, 0.717) is 11.3 Å². The van der Waals surface area contributed by atoms with Crippen molar-refractivity contribution in [3.8, 4) is 0 Å². The average molecular weight is 274 g/mol. The summed E-state index contributed by atoms with van der Waals surface area (Å²) in [5, 5.41) is 18.2. The Labute approximate surface area is 114 Å². The SMILES string of the molecule is Nc1ccc(C(O)CNC(=O)c2ccc(=O)[nH]n2)cc1. The summed E-state index contributed by atoms with van der Waals surface area (Å²) >= 11 is 0. The number of carbonyl (C=O) groups excluding carboxylic acids is 1. The molecule has 0 fully saturated rings. The molecular formula is C13H14N4O3. The number of aromatic amines is 1. The number of nitrogens with one attached hydrogen (secondary N) is 2. The Balaban J connectivity index is 1.94. The number of hydrogen-bond donors (Lipinski definition) is 4. The summed E-state index contributed by atoms with van der Waals surface area (Å²) in [7, 11) is 0. The van der Waals surface area contributed by atoms with Gasteiger partial charge in [0.05, 0.1) is 6.10 Å². The molecule has 1 aromatic carbocycles. The van der Waals surface area contributed by atoms with E-state index in [1.807, 2.05) is 0 Å². The number of aliphatic hydroxyl groups excluding tert-OH is 1. The van der Waals surface area contributed by atoms with Gasteiger partial charge in [0.2, 0.25) is 0 Å². The van der Waals surface area contributed by atoms with Crippen LogP contribution in [0.2, 0.25) is 0 Å². The average Bonchev–Trinajstić information content (AvgIpc) is 2.46. The molecule has 2 rings (SSSR count). The monoisotopic (exact) mass is 274 g/mol. The highest BCUT2D eigenvalue weighted by atomic mass is 16.3. The highest BCUT2D eigenvalue weighted by Crippen LogP contribution is 2.13. The number of aliphatic hydroxyl groups is 1. The van der Waals surface area contributed by atoms with Crippen molar-refractivity contribution in [2.45, 2.75) is 6.10 Å². The summed E-state index contributed by atoms with van der Waals surface area (Å²) in [6, 6.07) is 9.23. The third-order valence-corrected chi connectivity index (χ3v) is 2.69. The van der Waals surface area contributed by atoms with Crippen LogP contribution in [-0.4, -0.2) is 27.8 Å². The fraction of sp³-hybridized carbons (Fsp3) is 0.154. The Hall–Kier alpha value is -2.67. The summed E-state index contributed by atoms with van der Waals surface area (Å²) in [6.07, 6.45) is -0.845. The van der Waals surface area contributed by atoms with E-state index in [4.69, 9.17) is 5.73 Å². The molecular weight excluding hydrogens is 260 g/mol. The smallest absolute Gasteiger partial charge is 0.271 e. The molecule has 2 aromatic rings. The first-order valence-electron chi connectivity index (χ1n) is 5.93. The first-order valence-corrected chi connectivity index (χ1v) is 5.93. The van der Waals surface area contributed by atoms with E-state index >= 15 is 0 Å². The fourth-order valence-corrected chi connectivity index (χ4v) is 1.59. The lowest BCUT2D eigenvalue weighted by Gasteiger charge is -2.12. The summed E-state index contributed by atoms with van der Waals surface area (Å²) in [4.78, 5) is 22.5. The first kappa shape index (κ1) is 13.8. The molecule has 104 valence electrons. The Morgan fingerprint density at radius 2 is 2.00 bits per heavy atom. The van der Waals surface area contributed by atoms with E-state index in [9.17, 15) is 14.7 Å². The topological polar surface area (TPSA) is 121 Å². The largest absolute Gasteiger partial charge is 0.399 e. The molecule has 20 heavy (non-hydrogen) atoms. The van der Waals surface area contributed by atoms with Gasteiger partial charge in [0, 0.05) is 18.3 Å². The van der Waals surface area contributed by atoms with Crippen molar-refractivity contribution in [1.82, 2.24) is 15.5 Å². The van der Waals surface area contributed by atoms with Crippen LogP contribution in [0.25, 0.3) is 0 Å². The van der Waals surface area contributed by atoms with Crippen molar-refractivity contribution >= 4 is 11.6 Å². The molecule has 5 N–H and O–H groups in total. The number of H-pyrrole nitrogens is 1. The quantitative estimate of drug-likeness (QED) is 0.576. The molecule has 0 radical (unpaired) electrons. The molecule has 1 amide bonds. The van der Waals surface area contributed by atoms with E-state index in [1.54, 1.807) is 24.3 Å². The highest BCUT2D eigenvalue weighted by molar-refractivity contribution is 5.91. The second kappa shape index (κ2) is 5.98. The Morgan fingerprint density at radius 3 is 2.60 bits per heavy atom. The van der Waals surface area contributed by atoms with Gasteiger partial charge in [0.25, 0.3) is 11.5 Å². The van der Waals surface area contributed by atoms with Crippen molar-refractivity contribution in [2.75, 3.05) is 12.3 Å². The molecule has 1 heterocycles. The summed E-state index contributed by atoms with van der Waals surface area (Å²) in [6.45, 7) is 0.0313. The first-order chi connectivity index (χ1) is 9.56. The predicted molar refractivity (Wildman–Crippen MR) is 73.0 cm³/mol. The molecule has 7 nitrogen and oxygen atoms in total. The number of hydrogen-bond acceptors (Lipinski definition) is 5. The summed E-state index contributed by atoms with van der Waals surface area (Å²) in [5.41, 5.74) is 6.49. The highest BCUT2D eigenvalue weighted by Gasteiger charge is 2.11. The Morgan fingerprint density at radius 1 is 1.30 bits per heavy atom. The zero-order valence-corrected chi connectivity index (χ0v) is 10.5. The number of benzene rings is 1. The summed E-state index contributed by atoms with van der Waals surface area (Å²) in [5.74, 6) is -0.476. The minimum Gasteiger partial charge on any atom is -0.399 e. The predicted octanol–water partition coefficient (Wildman–Crippen LogP) is -0.185. The van der Waals surface area contributed by atoms with Crippen LogP contribution >= 0.6 is 0 Å². The fourth-order valence-electron chi connectivity index (χ4n) is 1.59. The molecule has 0 spiro atoms. The van der Waals surface area contributed by atoms with Crippen molar-refractivity contribution in [3.63, 3.8) is 0 Å². The van der Waals surface area contributed by atoms with Crippen LogP contribution < -0.4 is 16.6 Å². The number of carbonyl (C=O) groups is 1. The molecule has 0 aliphatic heterocycles. The molecule has 1 aromatic heterocycles. The van der Waals surface area contributed by atoms with Gasteiger partial charge in [-0.1, -0.05) is 12.1 Å². The van der Waals surface area contributed by atoms with Crippen LogP contribution in [0.3, 0.4) is 0 Å². The molecule has 0 aliphatic rings. The van der Waals surface area contributed by atoms with Gasteiger partial charge >= 0.3 is 0 Å². The van der Waals surface area contributed by atoms with Gasteiger partial charge in [-0.15, -0.1) is 0 Å². The van der Waals surface area contributed by atoms with E-state index in [1.165, 1.54) is 12.1 Å². The van der Waals surface area contributed by atoms with E-state index < -0.39 is 12.0 Å². The molecule has 0 aliphatic carbocycles. The van der Waals surface area contributed by atoms with Gasteiger partial charge in [-0.2, -0.15) is 5.10 Å². The van der Waals surface area contributed by atoms with Crippen LogP contribution in [0.5, 0.6) is 0 Å². The summed E-state index contributed by atoms with van der Waals surface area (Å²) < 4.78 is 0. The lowest BCUT2D eigenvalue weighted by Crippen LogP contribution is -2.29. The molecule has 7 heteroatoms. The lowest BCUT2D eigenvalue weighted by atomic mass is 10.1. The zero-order valence-electron chi connectivity index (χ0n) is 10.5. The van der Waals surface area contributed by atoms with Gasteiger partial charge in [-0.05, 0) is 23.8 Å². The van der Waals surface area contributed by atoms with E-state index in [0.717, 1.165) is 0 Å². The normalized spacial score (nSPS) is 11.8. The van der Waals surface area contributed by atoms with Crippen LogP contribution in [0.15, 0.2) is 41.2 Å². The molecule has 0 saturated heterocycles. The third-order valence-electron chi connectivity index (χ3n) is 2.69. The van der Waals surface area contributed by atoms with Crippen LogP contribution in [0.4, 0.5) is 5.69 Å². The second-order valence-electron chi connectivity index (χ2n) is 4.20. The number of nitrogens with zero attached hydrogens (tertiary/aromatic N) is 1. The number of aromatic nitrogens is 2. The maximum Gasteiger partial charge on any atom is 0.271 e. The zero-order chi connectivity index (χ0) is 14.5. The Kier molecular flexibility index (Phi) is 4.11. The standard InChI is InChI=1S/C13H14N4O3/c14-9-3-1-8(2-4-9)11(18)7-15-13(20)10-5-6-12(19)17-16-10/h1-6,11,18H,7,14H2,(H,15,20)(H,17,19). The van der Waals surface area contributed by atoms with Crippen LogP contribution in [0, 0.1) is 0 Å². The number of anilines is 1. The maximum absolute atomic E-state index is 11.7. The number of rotatable bonds is 4. The third kappa shape index (κ3) is 3.42. The number of nitrogens with two attached hydrogens (primary N) is 1. The molecule has 1 unspecified atom stereocenters. The van der Waals surface area contributed by atoms with Crippen molar-refractivity contribution < 1.29 is 9.90 Å². The minimum atomic E-state index is -0.845. The van der Waals surface area contributed by atoms with E-state index in [-0.39, 0.29) is 17.8 Å². The van der Waals surface area contributed by atoms with Gasteiger partial charge < -0.3 is 16.2 Å². The van der Waals surface area contributed by atoms with Gasteiger partial charge in [0.15, 0.2) is 0 Å². The van der Waals surface area contributed by atoms with E-state index in [2.05, 4.69) is 15.5 Å². The van der Waals surface area contributed by atoms with Crippen molar-refractivity contribution in [2.24, 2.45) is 0 Å². The number of amides is 1.